The molecule has 2 heterocycles. The van der Waals surface area contributed by atoms with E-state index in [1.54, 1.807) is 31.4 Å². The third kappa shape index (κ3) is 2.73. The molecule has 112 valence electrons. The topological polar surface area (TPSA) is 68.5 Å². The molecule has 3 aromatic rings. The summed E-state index contributed by atoms with van der Waals surface area (Å²) in [6, 6.07) is 8.75. The summed E-state index contributed by atoms with van der Waals surface area (Å²) < 4.78 is 6.61. The molecule has 0 saturated heterocycles. The summed E-state index contributed by atoms with van der Waals surface area (Å²) in [7, 11) is 1.60. The lowest BCUT2D eigenvalue weighted by Gasteiger charge is -2.08. The van der Waals surface area contributed by atoms with Gasteiger partial charge in [-0.05, 0) is 42.8 Å². The molecule has 6 nitrogen and oxygen atoms in total. The number of halogens is 1. The van der Waals surface area contributed by atoms with E-state index in [-0.39, 0.29) is 11.6 Å². The predicted molar refractivity (Wildman–Crippen MR) is 83.7 cm³/mol. The van der Waals surface area contributed by atoms with Crippen LogP contribution in [-0.2, 0) is 0 Å². The molecule has 1 amide bonds. The van der Waals surface area contributed by atoms with Crippen molar-refractivity contribution in [3.05, 3.63) is 52.9 Å². The summed E-state index contributed by atoms with van der Waals surface area (Å²) in [5.74, 6) is 0.428. The summed E-state index contributed by atoms with van der Waals surface area (Å²) in [4.78, 5) is 16.5. The van der Waals surface area contributed by atoms with Gasteiger partial charge < -0.3 is 10.1 Å². The minimum absolute atomic E-state index is 0.269. The molecule has 3 rings (SSSR count). The van der Waals surface area contributed by atoms with E-state index in [2.05, 4.69) is 15.4 Å². The first-order valence-electron chi connectivity index (χ1n) is 6.55. The number of imidazole rings is 1. The highest BCUT2D eigenvalue weighted by Crippen LogP contribution is 2.21. The molecule has 1 N–H and O–H groups in total. The van der Waals surface area contributed by atoms with Gasteiger partial charge in [0.15, 0.2) is 5.65 Å². The second kappa shape index (κ2) is 5.65. The number of anilines is 1. The number of aryl methyl sites for hydroxylation is 1. The third-order valence-electron chi connectivity index (χ3n) is 3.20. The highest BCUT2D eigenvalue weighted by atomic mass is 35.5. The Balaban J connectivity index is 1.86. The number of benzene rings is 1. The van der Waals surface area contributed by atoms with Crippen molar-refractivity contribution in [1.82, 2.24) is 14.6 Å². The molecule has 0 atom stereocenters. The molecule has 2 aromatic heterocycles. The van der Waals surface area contributed by atoms with E-state index in [0.29, 0.717) is 16.5 Å². The van der Waals surface area contributed by atoms with Crippen molar-refractivity contribution in [2.75, 3.05) is 12.4 Å². The first kappa shape index (κ1) is 14.3. The Bertz CT molecular complexity index is 860. The molecule has 22 heavy (non-hydrogen) atoms. The lowest BCUT2D eigenvalue weighted by atomic mass is 10.2. The van der Waals surface area contributed by atoms with E-state index in [1.165, 1.54) is 10.7 Å². The van der Waals surface area contributed by atoms with Crippen molar-refractivity contribution in [2.24, 2.45) is 0 Å². The largest absolute Gasteiger partial charge is 0.497 e. The second-order valence-corrected chi connectivity index (χ2v) is 5.11. The van der Waals surface area contributed by atoms with Gasteiger partial charge in [0.25, 0.3) is 5.91 Å². The van der Waals surface area contributed by atoms with Crippen LogP contribution in [0.25, 0.3) is 5.65 Å². The summed E-state index contributed by atoms with van der Waals surface area (Å²) in [5, 5.41) is 7.21. The first-order valence-corrected chi connectivity index (χ1v) is 6.92. The number of carbonyl (C=O) groups is 1. The Morgan fingerprint density at radius 3 is 2.86 bits per heavy atom. The summed E-state index contributed by atoms with van der Waals surface area (Å²) in [6.07, 6.45) is 1.54. The van der Waals surface area contributed by atoms with Crippen molar-refractivity contribution >= 4 is 28.8 Å². The number of aromatic nitrogens is 3. The maximum Gasteiger partial charge on any atom is 0.275 e. The third-order valence-corrected chi connectivity index (χ3v) is 3.40. The number of hydrogen-bond acceptors (Lipinski definition) is 4. The van der Waals surface area contributed by atoms with Gasteiger partial charge in [-0.25, -0.2) is 9.50 Å². The highest BCUT2D eigenvalue weighted by molar-refractivity contribution is 6.29. The van der Waals surface area contributed by atoms with Gasteiger partial charge in [-0.15, -0.1) is 0 Å². The molecular weight excluding hydrogens is 304 g/mol. The number of methoxy groups -OCH3 is 1. The smallest absolute Gasteiger partial charge is 0.275 e. The van der Waals surface area contributed by atoms with Crippen LogP contribution in [0.3, 0.4) is 0 Å². The van der Waals surface area contributed by atoms with Crippen molar-refractivity contribution in [3.63, 3.8) is 0 Å². The molecule has 0 aliphatic rings. The molecule has 0 bridgehead atoms. The number of rotatable bonds is 3. The maximum absolute atomic E-state index is 12.3. The number of carbonyl (C=O) groups excluding carboxylic acids is 1. The normalized spacial score (nSPS) is 10.7. The average Bonchev–Trinajstić information content (AvgIpc) is 2.92. The number of hydrogen-bond donors (Lipinski definition) is 1. The zero-order valence-electron chi connectivity index (χ0n) is 12.0. The van der Waals surface area contributed by atoms with Crippen LogP contribution < -0.4 is 10.1 Å². The van der Waals surface area contributed by atoms with Crippen LogP contribution in [0.15, 0.2) is 36.5 Å². The standard InChI is InChI=1S/C15H13ClN4O2/c1-9-7-10(22-2)3-4-11(9)18-15(21)12-8-20-14(17-12)6-5-13(16)19-20/h3-8H,1-2H3,(H,18,21). The number of nitrogens with one attached hydrogen (secondary N) is 1. The van der Waals surface area contributed by atoms with E-state index in [9.17, 15) is 4.79 Å². The van der Waals surface area contributed by atoms with Crippen molar-refractivity contribution in [2.45, 2.75) is 6.92 Å². The number of amides is 1. The number of nitrogens with zero attached hydrogens (tertiary/aromatic N) is 3. The van der Waals surface area contributed by atoms with E-state index in [0.717, 1.165) is 11.3 Å². The van der Waals surface area contributed by atoms with Crippen molar-refractivity contribution in [3.8, 4) is 5.75 Å². The predicted octanol–water partition coefficient (Wildman–Crippen LogP) is 2.95. The van der Waals surface area contributed by atoms with Gasteiger partial charge in [-0.3, -0.25) is 4.79 Å². The maximum atomic E-state index is 12.3. The fourth-order valence-corrected chi connectivity index (χ4v) is 2.20. The van der Waals surface area contributed by atoms with Gasteiger partial charge >= 0.3 is 0 Å². The van der Waals surface area contributed by atoms with E-state index in [1.807, 2.05) is 13.0 Å². The Morgan fingerprint density at radius 2 is 2.14 bits per heavy atom. The molecule has 0 saturated carbocycles. The molecule has 0 unspecified atom stereocenters. The van der Waals surface area contributed by atoms with Crippen LogP contribution in [0.4, 0.5) is 5.69 Å². The van der Waals surface area contributed by atoms with Gasteiger partial charge in [0.1, 0.15) is 16.6 Å². The van der Waals surface area contributed by atoms with Gasteiger partial charge in [-0.1, -0.05) is 11.6 Å². The molecule has 0 aliphatic heterocycles. The highest BCUT2D eigenvalue weighted by Gasteiger charge is 2.13. The zero-order valence-corrected chi connectivity index (χ0v) is 12.8. The summed E-state index contributed by atoms with van der Waals surface area (Å²) >= 11 is 5.81. The Morgan fingerprint density at radius 1 is 1.32 bits per heavy atom. The Hall–Kier alpha value is -2.60. The number of ether oxygens (including phenoxy) is 1. The Kier molecular flexibility index (Phi) is 3.68. The van der Waals surface area contributed by atoms with Gasteiger partial charge in [0.05, 0.1) is 13.3 Å². The van der Waals surface area contributed by atoms with Crippen molar-refractivity contribution in [1.29, 1.82) is 0 Å². The summed E-state index contributed by atoms with van der Waals surface area (Å²) in [6.45, 7) is 1.89. The molecule has 0 spiro atoms. The number of fused-ring (bicyclic) bond motifs is 1. The van der Waals surface area contributed by atoms with Crippen LogP contribution in [-0.4, -0.2) is 27.6 Å². The lowest BCUT2D eigenvalue weighted by molar-refractivity contribution is 0.102. The van der Waals surface area contributed by atoms with Crippen LogP contribution in [0.1, 0.15) is 16.1 Å². The molecule has 1 aromatic carbocycles. The van der Waals surface area contributed by atoms with E-state index >= 15 is 0 Å². The van der Waals surface area contributed by atoms with E-state index < -0.39 is 0 Å². The fraction of sp³-hybridized carbons (Fsp3) is 0.133. The monoisotopic (exact) mass is 316 g/mol. The second-order valence-electron chi connectivity index (χ2n) is 4.72. The van der Waals surface area contributed by atoms with Crippen LogP contribution in [0.5, 0.6) is 5.75 Å². The minimum Gasteiger partial charge on any atom is -0.497 e. The lowest BCUT2D eigenvalue weighted by Crippen LogP contribution is -2.13. The molecule has 0 radical (unpaired) electrons. The van der Waals surface area contributed by atoms with E-state index in [4.69, 9.17) is 16.3 Å². The summed E-state index contributed by atoms with van der Waals surface area (Å²) in [5.41, 5.74) is 2.43. The van der Waals surface area contributed by atoms with Crippen LogP contribution in [0.2, 0.25) is 5.15 Å². The quantitative estimate of drug-likeness (QED) is 0.806. The van der Waals surface area contributed by atoms with Crippen molar-refractivity contribution < 1.29 is 9.53 Å². The van der Waals surface area contributed by atoms with Gasteiger partial charge in [-0.2, -0.15) is 5.10 Å². The first-order chi connectivity index (χ1) is 10.6. The average molecular weight is 317 g/mol. The molecular formula is C15H13ClN4O2. The Labute approximate surface area is 131 Å². The van der Waals surface area contributed by atoms with Gasteiger partial charge in [0, 0.05) is 5.69 Å². The van der Waals surface area contributed by atoms with Crippen LogP contribution >= 0.6 is 11.6 Å². The minimum atomic E-state index is -0.310. The molecule has 7 heteroatoms. The molecule has 0 fully saturated rings. The van der Waals surface area contributed by atoms with Crippen LogP contribution in [0, 0.1) is 6.92 Å². The SMILES string of the molecule is COc1ccc(NC(=O)c2cn3nc(Cl)ccc3n2)c(C)c1. The van der Waals surface area contributed by atoms with Gasteiger partial charge in [0.2, 0.25) is 0 Å². The fourth-order valence-electron chi connectivity index (χ4n) is 2.06. The zero-order chi connectivity index (χ0) is 15.7. The molecule has 0 aliphatic carbocycles.